The van der Waals surface area contributed by atoms with E-state index in [1.54, 1.807) is 32.9 Å². The Morgan fingerprint density at radius 3 is 1.94 bits per heavy atom. The molecule has 7 nitrogen and oxygen atoms in total. The minimum atomic E-state index is -0.769. The van der Waals surface area contributed by atoms with Crippen LogP contribution in [0.3, 0.4) is 0 Å². The first kappa shape index (κ1) is 25.5. The van der Waals surface area contributed by atoms with Crippen molar-refractivity contribution in [3.8, 4) is 22.6 Å². The number of ether oxygens (including phenoxy) is 4. The van der Waals surface area contributed by atoms with Crippen molar-refractivity contribution < 1.29 is 33.3 Å². The average molecular weight is 477 g/mol. The number of hydrogen-bond acceptors (Lipinski definition) is 7. The van der Waals surface area contributed by atoms with Gasteiger partial charge in [0.15, 0.2) is 17.6 Å². The lowest BCUT2D eigenvalue weighted by Crippen LogP contribution is -2.26. The van der Waals surface area contributed by atoms with Gasteiger partial charge in [-0.05, 0) is 55.2 Å². The highest BCUT2D eigenvalue weighted by Gasteiger charge is 2.38. The molecule has 0 N–H and O–H groups in total. The Hall–Kier alpha value is -4.13. The quantitative estimate of drug-likeness (QED) is 0.299. The highest BCUT2D eigenvalue weighted by molar-refractivity contribution is 5.90. The Labute approximate surface area is 204 Å². The van der Waals surface area contributed by atoms with E-state index in [4.69, 9.17) is 18.9 Å². The number of esters is 3. The molecular weight excluding hydrogens is 448 g/mol. The van der Waals surface area contributed by atoms with Crippen LogP contribution in [0, 0.1) is 0 Å². The van der Waals surface area contributed by atoms with E-state index in [2.05, 4.69) is 19.7 Å². The molecule has 0 bridgehead atoms. The van der Waals surface area contributed by atoms with Crippen molar-refractivity contribution in [3.63, 3.8) is 0 Å². The van der Waals surface area contributed by atoms with E-state index in [0.717, 1.165) is 22.3 Å². The van der Waals surface area contributed by atoms with E-state index in [-0.39, 0.29) is 22.5 Å². The maximum Gasteiger partial charge on any atom is 0.338 e. The van der Waals surface area contributed by atoms with Crippen molar-refractivity contribution in [3.05, 3.63) is 84.0 Å². The lowest BCUT2D eigenvalue weighted by atomic mass is 10.00. The fourth-order valence-corrected chi connectivity index (χ4v) is 3.58. The molecular formula is C28H28O7. The zero-order chi connectivity index (χ0) is 25.9. The maximum absolute atomic E-state index is 12.3. The Balaban J connectivity index is 1.97. The van der Waals surface area contributed by atoms with E-state index >= 15 is 0 Å². The molecule has 0 saturated carbocycles. The molecule has 0 aliphatic heterocycles. The second-order valence-electron chi connectivity index (χ2n) is 8.48. The number of rotatable bonds is 8. The third kappa shape index (κ3) is 5.69. The van der Waals surface area contributed by atoms with Crippen LogP contribution in [0.15, 0.2) is 72.9 Å². The summed E-state index contributed by atoms with van der Waals surface area (Å²) < 4.78 is 21.9. The van der Waals surface area contributed by atoms with Crippen molar-refractivity contribution in [1.82, 2.24) is 0 Å². The third-order valence-corrected chi connectivity index (χ3v) is 5.45. The van der Waals surface area contributed by atoms with Gasteiger partial charge in [-0.2, -0.15) is 0 Å². The fourth-order valence-electron chi connectivity index (χ4n) is 3.58. The van der Waals surface area contributed by atoms with Crippen LogP contribution in [0.25, 0.3) is 11.1 Å². The summed E-state index contributed by atoms with van der Waals surface area (Å²) in [5.41, 5.74) is 3.97. The first-order valence-electron chi connectivity index (χ1n) is 10.9. The molecule has 0 spiro atoms. The lowest BCUT2D eigenvalue weighted by Gasteiger charge is -2.21. The van der Waals surface area contributed by atoms with E-state index in [9.17, 15) is 14.4 Å². The monoisotopic (exact) mass is 476 g/mol. The number of methoxy groups -OCH3 is 1. The molecule has 0 amide bonds. The summed E-state index contributed by atoms with van der Waals surface area (Å²) in [6.45, 7) is 15.5. The topological polar surface area (TPSA) is 88.1 Å². The predicted octanol–water partition coefficient (Wildman–Crippen LogP) is 5.05. The second-order valence-corrected chi connectivity index (χ2v) is 8.48. The average Bonchev–Trinajstić information content (AvgIpc) is 3.14. The van der Waals surface area contributed by atoms with E-state index < -0.39 is 30.1 Å². The van der Waals surface area contributed by atoms with Gasteiger partial charge in [0.2, 0.25) is 0 Å². The van der Waals surface area contributed by atoms with E-state index in [1.807, 2.05) is 24.3 Å². The Morgan fingerprint density at radius 2 is 1.34 bits per heavy atom. The van der Waals surface area contributed by atoms with Gasteiger partial charge < -0.3 is 18.9 Å². The van der Waals surface area contributed by atoms with Gasteiger partial charge in [0, 0.05) is 23.1 Å². The number of carbonyl (C=O) groups excluding carboxylic acids is 3. The minimum Gasteiger partial charge on any atom is -0.493 e. The minimum absolute atomic E-state index is 0.245. The largest absolute Gasteiger partial charge is 0.493 e. The third-order valence-electron chi connectivity index (χ3n) is 5.45. The lowest BCUT2D eigenvalue weighted by molar-refractivity contribution is -0.161. The van der Waals surface area contributed by atoms with E-state index in [1.165, 1.54) is 7.11 Å². The van der Waals surface area contributed by atoms with Crippen LogP contribution < -0.4 is 9.47 Å². The highest BCUT2D eigenvalue weighted by Crippen LogP contribution is 2.40. The summed E-state index contributed by atoms with van der Waals surface area (Å²) in [5.74, 6) is -1.01. The van der Waals surface area contributed by atoms with Crippen LogP contribution >= 0.6 is 0 Å². The summed E-state index contributed by atoms with van der Waals surface area (Å²) in [6.07, 6.45) is -1.12. The van der Waals surface area contributed by atoms with Crippen LogP contribution in [0.5, 0.6) is 11.5 Å². The summed E-state index contributed by atoms with van der Waals surface area (Å²) in [6, 6.07) is 10.9. The van der Waals surface area contributed by atoms with Crippen LogP contribution in [0.4, 0.5) is 0 Å². The highest BCUT2D eigenvalue weighted by atomic mass is 16.6. The normalized spacial score (nSPS) is 16.0. The van der Waals surface area contributed by atoms with Crippen molar-refractivity contribution in [2.75, 3.05) is 7.11 Å². The summed E-state index contributed by atoms with van der Waals surface area (Å²) in [5, 5.41) is 0. The SMILES string of the molecule is C=C(C)C(=O)Oc1cc(-c2ccc3c(c2)CC(OC(=O)C(=C)C)C3OC(=O)C(=C)C)ccc1OC. The van der Waals surface area contributed by atoms with Gasteiger partial charge in [-0.3, -0.25) is 0 Å². The van der Waals surface area contributed by atoms with Crippen molar-refractivity contribution in [2.45, 2.75) is 39.4 Å². The van der Waals surface area contributed by atoms with Crippen LogP contribution in [-0.2, 0) is 30.3 Å². The van der Waals surface area contributed by atoms with Gasteiger partial charge >= 0.3 is 17.9 Å². The zero-order valence-electron chi connectivity index (χ0n) is 20.3. The molecule has 0 fully saturated rings. The van der Waals surface area contributed by atoms with Gasteiger partial charge in [0.1, 0.15) is 6.10 Å². The maximum atomic E-state index is 12.3. The van der Waals surface area contributed by atoms with Crippen molar-refractivity contribution in [2.24, 2.45) is 0 Å². The van der Waals surface area contributed by atoms with Gasteiger partial charge in [-0.15, -0.1) is 0 Å². The Bertz CT molecular complexity index is 1240. The molecule has 1 aliphatic carbocycles. The smallest absolute Gasteiger partial charge is 0.338 e. The fraction of sp³-hybridized carbons (Fsp3) is 0.250. The summed E-state index contributed by atoms with van der Waals surface area (Å²) in [4.78, 5) is 36.5. The van der Waals surface area contributed by atoms with Crippen molar-refractivity contribution in [1.29, 1.82) is 0 Å². The Kier molecular flexibility index (Phi) is 7.59. The molecule has 7 heteroatoms. The van der Waals surface area contributed by atoms with Gasteiger partial charge in [0.05, 0.1) is 7.11 Å². The van der Waals surface area contributed by atoms with Crippen LogP contribution in [0.2, 0.25) is 0 Å². The summed E-state index contributed by atoms with van der Waals surface area (Å²) >= 11 is 0. The second kappa shape index (κ2) is 10.4. The first-order valence-corrected chi connectivity index (χ1v) is 10.9. The molecule has 0 heterocycles. The number of hydrogen-bond donors (Lipinski definition) is 0. The molecule has 2 aromatic rings. The molecule has 2 aromatic carbocycles. The molecule has 0 saturated heterocycles. The molecule has 1 aliphatic rings. The van der Waals surface area contributed by atoms with Crippen molar-refractivity contribution >= 4 is 17.9 Å². The zero-order valence-corrected chi connectivity index (χ0v) is 20.3. The molecule has 3 rings (SSSR count). The molecule has 2 atom stereocenters. The van der Waals surface area contributed by atoms with Gasteiger partial charge in [0.25, 0.3) is 0 Å². The Morgan fingerprint density at radius 1 is 0.771 bits per heavy atom. The van der Waals surface area contributed by atoms with Crippen LogP contribution in [-0.4, -0.2) is 31.1 Å². The van der Waals surface area contributed by atoms with Gasteiger partial charge in [-0.1, -0.05) is 44.0 Å². The molecule has 35 heavy (non-hydrogen) atoms. The number of fused-ring (bicyclic) bond motifs is 1. The number of benzene rings is 2. The summed E-state index contributed by atoms with van der Waals surface area (Å²) in [7, 11) is 1.49. The van der Waals surface area contributed by atoms with E-state index in [0.29, 0.717) is 12.2 Å². The van der Waals surface area contributed by atoms with Crippen LogP contribution in [0.1, 0.15) is 38.0 Å². The molecule has 182 valence electrons. The molecule has 0 radical (unpaired) electrons. The molecule has 2 unspecified atom stereocenters. The predicted molar refractivity (Wildman–Crippen MR) is 131 cm³/mol. The standard InChI is InChI=1S/C28H28O7/c1-15(2)26(29)33-23-13-19(9-11-22(23)32-7)18-8-10-21-20(12-18)14-24(34-27(30)16(3)4)25(21)35-28(31)17(5)6/h8-13,24-25H,1,3,5,14H2,2,4,6-7H3. The number of carbonyl (C=O) groups is 3. The molecule has 0 aromatic heterocycles. The van der Waals surface area contributed by atoms with Gasteiger partial charge in [-0.25, -0.2) is 14.4 Å². The first-order chi connectivity index (χ1) is 16.5.